The normalized spacial score (nSPS) is 21.0. The maximum Gasteiger partial charge on any atom is 0.116 e. The lowest BCUT2D eigenvalue weighted by Gasteiger charge is -2.22. The third-order valence-electron chi connectivity index (χ3n) is 7.22. The number of hydrogen-bond donors (Lipinski definition) is 2. The summed E-state index contributed by atoms with van der Waals surface area (Å²) in [4.78, 5) is 0. The van der Waals surface area contributed by atoms with Crippen LogP contribution in [0.25, 0.3) is 0 Å². The van der Waals surface area contributed by atoms with Crippen molar-refractivity contribution in [3.8, 4) is 0 Å². The first kappa shape index (κ1) is 29.5. The smallest absolute Gasteiger partial charge is 0.116 e. The lowest BCUT2D eigenvalue weighted by molar-refractivity contribution is -0.176. The highest BCUT2D eigenvalue weighted by Crippen LogP contribution is 2.29. The summed E-state index contributed by atoms with van der Waals surface area (Å²) < 4.78 is 17.3. The molecule has 0 radical (unpaired) electrons. The fourth-order valence-corrected chi connectivity index (χ4v) is 5.16. The molecule has 3 heterocycles. The van der Waals surface area contributed by atoms with E-state index in [0.717, 1.165) is 57.8 Å². The second-order valence-electron chi connectivity index (χ2n) is 10.3. The van der Waals surface area contributed by atoms with E-state index in [9.17, 15) is 0 Å². The van der Waals surface area contributed by atoms with Gasteiger partial charge in [0.2, 0.25) is 0 Å². The summed E-state index contributed by atoms with van der Waals surface area (Å²) in [5.41, 5.74) is 6.09. The minimum absolute atomic E-state index is 0.198. The molecular weight excluding hydrogens is 476 g/mol. The van der Waals surface area contributed by atoms with Gasteiger partial charge in [-0.2, -0.15) is 0 Å². The number of hydrogen-bond acceptors (Lipinski definition) is 5. The van der Waals surface area contributed by atoms with E-state index in [0.29, 0.717) is 5.92 Å². The van der Waals surface area contributed by atoms with Crippen LogP contribution in [-0.2, 0) is 33.5 Å². The summed E-state index contributed by atoms with van der Waals surface area (Å²) >= 11 is 0. The molecule has 2 N–H and O–H groups in total. The molecule has 3 aliphatic heterocycles. The summed E-state index contributed by atoms with van der Waals surface area (Å²) in [5.74, 6) is 0.522. The van der Waals surface area contributed by atoms with Gasteiger partial charge < -0.3 is 14.2 Å². The number of ether oxygens (including phenoxy) is 3. The Hall–Kier alpha value is -3.02. The van der Waals surface area contributed by atoms with Crippen LogP contribution in [0.5, 0.6) is 0 Å². The predicted molar refractivity (Wildman–Crippen MR) is 154 cm³/mol. The van der Waals surface area contributed by atoms with Crippen molar-refractivity contribution >= 4 is 0 Å². The molecule has 0 spiro atoms. The Balaban J connectivity index is 0.00000195. The minimum atomic E-state index is 0.198. The van der Waals surface area contributed by atoms with Crippen LogP contribution in [0, 0.1) is 0 Å². The van der Waals surface area contributed by atoms with Crippen LogP contribution in [-0.4, -0.2) is 28.8 Å². The van der Waals surface area contributed by atoms with Crippen molar-refractivity contribution in [1.82, 2.24) is 0 Å². The third kappa shape index (κ3) is 9.70. The first-order valence-electron chi connectivity index (χ1n) is 14.0. The standard InChI is InChI=1S/C33H42O3.H2O2/c1-26(2)29-24-27(12-9-17-30-14-3-6-21-34-30)33(20-11-19-32-16-5-8-23-36-32)28(25-29)13-10-18-31-15-4-7-22-35-31;1-2/h3-8,14-16,21-26,30-32H,9-13,17-20H2,1-2H3;1-2H. The second-order valence-corrected chi connectivity index (χ2v) is 10.3. The zero-order valence-electron chi connectivity index (χ0n) is 22.9. The van der Waals surface area contributed by atoms with Gasteiger partial charge >= 0.3 is 0 Å². The quantitative estimate of drug-likeness (QED) is 0.203. The Labute approximate surface area is 228 Å². The zero-order valence-corrected chi connectivity index (χ0v) is 22.9. The molecule has 3 atom stereocenters. The Morgan fingerprint density at radius 3 is 1.34 bits per heavy atom. The van der Waals surface area contributed by atoms with Crippen LogP contribution in [0.2, 0.25) is 0 Å². The van der Waals surface area contributed by atoms with Gasteiger partial charge in [-0.15, -0.1) is 0 Å². The molecule has 1 aromatic rings. The molecule has 3 unspecified atom stereocenters. The highest BCUT2D eigenvalue weighted by atomic mass is 17.0. The van der Waals surface area contributed by atoms with E-state index < -0.39 is 0 Å². The summed E-state index contributed by atoms with van der Waals surface area (Å²) in [7, 11) is 0. The minimum Gasteiger partial charge on any atom is -0.494 e. The van der Waals surface area contributed by atoms with Crippen LogP contribution in [0.15, 0.2) is 85.6 Å². The van der Waals surface area contributed by atoms with Crippen molar-refractivity contribution in [2.75, 3.05) is 0 Å². The van der Waals surface area contributed by atoms with Gasteiger partial charge in [-0.25, -0.2) is 0 Å². The fourth-order valence-electron chi connectivity index (χ4n) is 5.16. The molecule has 0 aromatic heterocycles. The highest BCUT2D eigenvalue weighted by Gasteiger charge is 2.16. The molecule has 206 valence electrons. The summed E-state index contributed by atoms with van der Waals surface area (Å²) in [6, 6.07) is 4.97. The maximum absolute atomic E-state index is 6.00. The molecule has 0 saturated carbocycles. The van der Waals surface area contributed by atoms with Crippen molar-refractivity contribution in [2.45, 2.75) is 95.9 Å². The van der Waals surface area contributed by atoms with E-state index in [-0.39, 0.29) is 18.3 Å². The van der Waals surface area contributed by atoms with Crippen LogP contribution in [0.3, 0.4) is 0 Å². The van der Waals surface area contributed by atoms with Gasteiger partial charge in [0, 0.05) is 0 Å². The lowest BCUT2D eigenvalue weighted by Crippen LogP contribution is -2.12. The molecule has 0 bridgehead atoms. The largest absolute Gasteiger partial charge is 0.494 e. The molecule has 0 aliphatic carbocycles. The van der Waals surface area contributed by atoms with E-state index >= 15 is 0 Å². The molecule has 0 fully saturated rings. The second kappa shape index (κ2) is 16.7. The van der Waals surface area contributed by atoms with Crippen LogP contribution >= 0.6 is 0 Å². The van der Waals surface area contributed by atoms with Gasteiger partial charge in [-0.3, -0.25) is 10.5 Å². The highest BCUT2D eigenvalue weighted by molar-refractivity contribution is 5.41. The average molecular weight is 521 g/mol. The van der Waals surface area contributed by atoms with Crippen LogP contribution in [0.4, 0.5) is 0 Å². The number of rotatable bonds is 13. The van der Waals surface area contributed by atoms with Gasteiger partial charge in [0.1, 0.15) is 18.3 Å². The van der Waals surface area contributed by atoms with Crippen molar-refractivity contribution in [3.63, 3.8) is 0 Å². The number of aryl methyl sites for hydroxylation is 2. The summed E-state index contributed by atoms with van der Waals surface area (Å²) in [5, 5.41) is 12.0. The van der Waals surface area contributed by atoms with Gasteiger partial charge in [-0.1, -0.05) is 44.2 Å². The topological polar surface area (TPSA) is 68.2 Å². The van der Waals surface area contributed by atoms with Gasteiger partial charge in [-0.05, 0) is 122 Å². The average Bonchev–Trinajstić information content (AvgIpc) is 2.96. The first-order valence-corrected chi connectivity index (χ1v) is 14.0. The van der Waals surface area contributed by atoms with Crippen molar-refractivity contribution < 1.29 is 24.7 Å². The first-order chi connectivity index (χ1) is 18.7. The number of allylic oxidation sites excluding steroid dienone is 6. The molecule has 4 rings (SSSR count). The molecule has 38 heavy (non-hydrogen) atoms. The Bertz CT molecular complexity index is 957. The Morgan fingerprint density at radius 2 is 1.00 bits per heavy atom. The SMILES string of the molecule is CC(C)c1cc(CCCC2C=CC=CO2)c(CCCC2C=CC=CO2)c(CCCC2C=CC=CO2)c1.OO. The molecule has 1 aromatic carbocycles. The van der Waals surface area contributed by atoms with Gasteiger partial charge in [0.25, 0.3) is 0 Å². The van der Waals surface area contributed by atoms with Gasteiger partial charge in [0.15, 0.2) is 0 Å². The Kier molecular flexibility index (Phi) is 13.0. The van der Waals surface area contributed by atoms with Crippen molar-refractivity contribution in [1.29, 1.82) is 0 Å². The maximum atomic E-state index is 6.00. The van der Waals surface area contributed by atoms with E-state index in [1.54, 1.807) is 5.56 Å². The van der Waals surface area contributed by atoms with E-state index in [4.69, 9.17) is 24.7 Å². The number of benzene rings is 1. The molecular formula is C33H44O5. The molecule has 3 aliphatic rings. The monoisotopic (exact) mass is 520 g/mol. The summed E-state index contributed by atoms with van der Waals surface area (Å²) in [6.07, 6.45) is 34.5. The van der Waals surface area contributed by atoms with Crippen LogP contribution in [0.1, 0.15) is 80.5 Å². The van der Waals surface area contributed by atoms with E-state index in [1.165, 1.54) is 16.7 Å². The van der Waals surface area contributed by atoms with Crippen molar-refractivity contribution in [3.05, 3.63) is 108 Å². The van der Waals surface area contributed by atoms with Crippen molar-refractivity contribution in [2.24, 2.45) is 0 Å². The van der Waals surface area contributed by atoms with Gasteiger partial charge in [0.05, 0.1) is 18.8 Å². The van der Waals surface area contributed by atoms with E-state index in [2.05, 4.69) is 62.4 Å². The van der Waals surface area contributed by atoms with E-state index in [1.807, 2.05) is 37.0 Å². The Morgan fingerprint density at radius 1 is 0.605 bits per heavy atom. The zero-order chi connectivity index (χ0) is 27.0. The predicted octanol–water partition coefficient (Wildman–Crippen LogP) is 8.20. The van der Waals surface area contributed by atoms with Crippen LogP contribution < -0.4 is 0 Å². The molecule has 0 saturated heterocycles. The molecule has 5 nitrogen and oxygen atoms in total. The molecule has 5 heteroatoms. The lowest BCUT2D eigenvalue weighted by atomic mass is 9.86. The molecule has 0 amide bonds. The third-order valence-corrected chi connectivity index (χ3v) is 7.22. The fraction of sp³-hybridized carbons (Fsp3) is 0.455. The summed E-state index contributed by atoms with van der Waals surface area (Å²) in [6.45, 7) is 4.62.